The van der Waals surface area contributed by atoms with E-state index in [-0.39, 0.29) is 5.56 Å². The molecule has 132 valence electrons. The lowest BCUT2D eigenvalue weighted by Gasteiger charge is -2.08. The number of halogens is 3. The molecule has 1 heterocycles. The van der Waals surface area contributed by atoms with Gasteiger partial charge < -0.3 is 5.32 Å². The Morgan fingerprint density at radius 3 is 2.62 bits per heavy atom. The molecule has 4 nitrogen and oxygen atoms in total. The number of aromatic nitrogens is 2. The monoisotopic (exact) mass is 373 g/mol. The molecule has 0 fully saturated rings. The molecular weight excluding hydrogens is 360 g/mol. The summed E-state index contributed by atoms with van der Waals surface area (Å²) in [6, 6.07) is 12.4. The van der Waals surface area contributed by atoms with Gasteiger partial charge in [0.05, 0.1) is 12.7 Å². The van der Waals surface area contributed by atoms with Gasteiger partial charge in [-0.15, -0.1) is 0 Å². The summed E-state index contributed by atoms with van der Waals surface area (Å²) in [5.74, 6) is -1.55. The Balaban J connectivity index is 1.71. The summed E-state index contributed by atoms with van der Waals surface area (Å²) < 4.78 is 28.7. The number of anilines is 1. The van der Waals surface area contributed by atoms with E-state index in [1.165, 1.54) is 6.07 Å². The molecule has 1 aromatic heterocycles. The largest absolute Gasteiger partial charge is 0.307 e. The van der Waals surface area contributed by atoms with Crippen LogP contribution in [0.3, 0.4) is 0 Å². The summed E-state index contributed by atoms with van der Waals surface area (Å²) in [6.07, 6.45) is 3.70. The van der Waals surface area contributed by atoms with E-state index in [0.29, 0.717) is 17.4 Å². The first kappa shape index (κ1) is 17.8. The van der Waals surface area contributed by atoms with Crippen LogP contribution in [-0.4, -0.2) is 15.7 Å². The van der Waals surface area contributed by atoms with Crippen LogP contribution in [0.4, 0.5) is 14.6 Å². The molecule has 0 unspecified atom stereocenters. The van der Waals surface area contributed by atoms with E-state index in [1.54, 1.807) is 29.1 Å². The second kappa shape index (κ2) is 7.93. The van der Waals surface area contributed by atoms with Gasteiger partial charge in [0, 0.05) is 22.7 Å². The maximum Gasteiger partial charge on any atom is 0.249 e. The van der Waals surface area contributed by atoms with E-state index < -0.39 is 17.5 Å². The molecule has 0 bridgehead atoms. The summed E-state index contributed by atoms with van der Waals surface area (Å²) in [5.41, 5.74) is 0.649. The molecule has 0 aliphatic carbocycles. The van der Waals surface area contributed by atoms with Crippen LogP contribution < -0.4 is 5.32 Å². The third-order valence-electron chi connectivity index (χ3n) is 3.59. The molecule has 7 heteroatoms. The van der Waals surface area contributed by atoms with Crippen LogP contribution in [-0.2, 0) is 11.3 Å². The summed E-state index contributed by atoms with van der Waals surface area (Å²) in [5, 5.41) is 7.39. The molecule has 0 saturated heterocycles. The molecule has 0 aliphatic heterocycles. The number of carbonyl (C=O) groups is 1. The molecule has 2 aromatic carbocycles. The van der Waals surface area contributed by atoms with E-state index in [4.69, 9.17) is 11.6 Å². The lowest BCUT2D eigenvalue weighted by molar-refractivity contribution is -0.111. The van der Waals surface area contributed by atoms with E-state index in [9.17, 15) is 13.6 Å². The predicted octanol–water partition coefficient (Wildman–Crippen LogP) is 4.51. The zero-order valence-electron chi connectivity index (χ0n) is 13.5. The van der Waals surface area contributed by atoms with Crippen LogP contribution in [0.15, 0.2) is 60.8 Å². The smallest absolute Gasteiger partial charge is 0.249 e. The van der Waals surface area contributed by atoms with Gasteiger partial charge in [-0.2, -0.15) is 5.10 Å². The minimum atomic E-state index is -0.736. The number of carbonyl (C=O) groups excluding carboxylic acids is 1. The molecule has 3 rings (SSSR count). The Bertz CT molecular complexity index is 949. The first-order chi connectivity index (χ1) is 12.5. The van der Waals surface area contributed by atoms with Crippen LogP contribution in [0.25, 0.3) is 6.08 Å². The Morgan fingerprint density at radius 1 is 1.15 bits per heavy atom. The van der Waals surface area contributed by atoms with E-state index in [1.807, 2.05) is 12.1 Å². The Labute approximate surface area is 153 Å². The number of nitrogens with zero attached hydrogens (tertiary/aromatic N) is 2. The van der Waals surface area contributed by atoms with Crippen molar-refractivity contribution in [1.29, 1.82) is 0 Å². The van der Waals surface area contributed by atoms with Gasteiger partial charge in [-0.25, -0.2) is 13.5 Å². The van der Waals surface area contributed by atoms with Crippen LogP contribution in [0.1, 0.15) is 11.1 Å². The van der Waals surface area contributed by atoms with Crippen molar-refractivity contribution in [1.82, 2.24) is 9.78 Å². The van der Waals surface area contributed by atoms with Crippen molar-refractivity contribution in [2.45, 2.75) is 6.54 Å². The minimum Gasteiger partial charge on any atom is -0.307 e. The second-order valence-corrected chi connectivity index (χ2v) is 5.90. The predicted molar refractivity (Wildman–Crippen MR) is 96.8 cm³/mol. The molecule has 26 heavy (non-hydrogen) atoms. The molecule has 0 atom stereocenters. The molecule has 0 aliphatic rings. The van der Waals surface area contributed by atoms with Crippen LogP contribution in [0.2, 0.25) is 5.02 Å². The summed E-state index contributed by atoms with van der Waals surface area (Å²) >= 11 is 5.96. The number of nitrogens with one attached hydrogen (secondary N) is 1. The lowest BCUT2D eigenvalue weighted by Crippen LogP contribution is -2.13. The van der Waals surface area contributed by atoms with Gasteiger partial charge >= 0.3 is 0 Å². The van der Waals surface area contributed by atoms with Gasteiger partial charge in [0.2, 0.25) is 5.91 Å². The van der Waals surface area contributed by atoms with Gasteiger partial charge in [0.1, 0.15) is 17.5 Å². The topological polar surface area (TPSA) is 46.9 Å². The number of hydrogen-bond donors (Lipinski definition) is 1. The zero-order chi connectivity index (χ0) is 18.5. The summed E-state index contributed by atoms with van der Waals surface area (Å²) in [7, 11) is 0. The third kappa shape index (κ3) is 4.34. The third-order valence-corrected chi connectivity index (χ3v) is 3.83. The Hall–Kier alpha value is -2.99. The van der Waals surface area contributed by atoms with Crippen LogP contribution >= 0.6 is 11.6 Å². The average Bonchev–Trinajstić information content (AvgIpc) is 3.01. The van der Waals surface area contributed by atoms with Crippen molar-refractivity contribution in [3.05, 3.63) is 88.6 Å². The zero-order valence-corrected chi connectivity index (χ0v) is 14.3. The van der Waals surface area contributed by atoms with Gasteiger partial charge in [-0.05, 0) is 35.9 Å². The van der Waals surface area contributed by atoms with E-state index >= 15 is 0 Å². The molecule has 0 spiro atoms. The molecule has 0 radical (unpaired) electrons. The van der Waals surface area contributed by atoms with Crippen LogP contribution in [0, 0.1) is 11.6 Å². The fourth-order valence-corrected chi connectivity index (χ4v) is 2.58. The minimum absolute atomic E-state index is 0.268. The number of benzene rings is 2. The number of amides is 1. The van der Waals surface area contributed by atoms with Crippen molar-refractivity contribution in [2.75, 3.05) is 5.32 Å². The Kier molecular flexibility index (Phi) is 5.43. The van der Waals surface area contributed by atoms with E-state index in [2.05, 4.69) is 10.4 Å². The first-order valence-corrected chi connectivity index (χ1v) is 8.10. The normalized spacial score (nSPS) is 11.0. The van der Waals surface area contributed by atoms with Gasteiger partial charge in [0.25, 0.3) is 0 Å². The SMILES string of the molecule is O=C(C=Cc1c(F)cccc1F)Nc1ccnn1Cc1cccc(Cl)c1. The maximum atomic E-state index is 13.6. The fourth-order valence-electron chi connectivity index (χ4n) is 2.37. The number of rotatable bonds is 5. The highest BCUT2D eigenvalue weighted by atomic mass is 35.5. The second-order valence-electron chi connectivity index (χ2n) is 5.46. The summed E-state index contributed by atoms with van der Waals surface area (Å²) in [4.78, 5) is 12.1. The van der Waals surface area contributed by atoms with Crippen molar-refractivity contribution in [2.24, 2.45) is 0 Å². The van der Waals surface area contributed by atoms with Gasteiger partial charge in [-0.1, -0.05) is 29.8 Å². The van der Waals surface area contributed by atoms with Crippen LogP contribution in [0.5, 0.6) is 0 Å². The average molecular weight is 374 g/mol. The fraction of sp³-hybridized carbons (Fsp3) is 0.0526. The van der Waals surface area contributed by atoms with Crippen molar-refractivity contribution >= 4 is 29.4 Å². The Morgan fingerprint density at radius 2 is 1.88 bits per heavy atom. The van der Waals surface area contributed by atoms with Crippen molar-refractivity contribution in [3.8, 4) is 0 Å². The molecule has 0 saturated carbocycles. The number of hydrogen-bond acceptors (Lipinski definition) is 2. The van der Waals surface area contributed by atoms with Gasteiger partial charge in [0.15, 0.2) is 0 Å². The lowest BCUT2D eigenvalue weighted by atomic mass is 10.2. The molecular formula is C19H14ClF2N3O. The van der Waals surface area contributed by atoms with Crippen molar-refractivity contribution < 1.29 is 13.6 Å². The standard InChI is InChI=1S/C19H14ClF2N3O/c20-14-4-1-3-13(11-14)12-25-18(9-10-23-25)24-19(26)8-7-15-16(21)5-2-6-17(15)22/h1-11H,12H2,(H,24,26). The first-order valence-electron chi connectivity index (χ1n) is 7.72. The quantitative estimate of drug-likeness (QED) is 0.669. The summed E-state index contributed by atoms with van der Waals surface area (Å²) in [6.45, 7) is 0.412. The highest BCUT2D eigenvalue weighted by molar-refractivity contribution is 6.30. The molecule has 3 aromatic rings. The molecule has 1 amide bonds. The highest BCUT2D eigenvalue weighted by Gasteiger charge is 2.08. The highest BCUT2D eigenvalue weighted by Crippen LogP contribution is 2.16. The van der Waals surface area contributed by atoms with E-state index in [0.717, 1.165) is 29.8 Å². The molecule has 1 N–H and O–H groups in total. The van der Waals surface area contributed by atoms with Gasteiger partial charge in [-0.3, -0.25) is 4.79 Å². The maximum absolute atomic E-state index is 13.6. The van der Waals surface area contributed by atoms with Crippen molar-refractivity contribution in [3.63, 3.8) is 0 Å².